The Morgan fingerprint density at radius 1 is 1.27 bits per heavy atom. The monoisotopic (exact) mass is 326 g/mol. The molecule has 0 amide bonds. The lowest BCUT2D eigenvalue weighted by atomic mass is 10.2. The first kappa shape index (κ1) is 17.2. The molecule has 0 spiro atoms. The van der Waals surface area contributed by atoms with Crippen molar-refractivity contribution in [1.82, 2.24) is 4.72 Å². The van der Waals surface area contributed by atoms with Crippen LogP contribution in [0.5, 0.6) is 5.75 Å². The van der Waals surface area contributed by atoms with E-state index >= 15 is 0 Å². The van der Waals surface area contributed by atoms with Crippen molar-refractivity contribution in [2.75, 3.05) is 13.2 Å². The largest absolute Gasteiger partial charge is 0.494 e. The van der Waals surface area contributed by atoms with Crippen LogP contribution in [0.2, 0.25) is 0 Å². The number of unbranched alkanes of at least 4 members (excludes halogenated alkanes) is 2. The molecule has 1 unspecified atom stereocenters. The van der Waals surface area contributed by atoms with Crippen LogP contribution in [0.1, 0.15) is 39.0 Å². The molecule has 5 nitrogen and oxygen atoms in total. The fourth-order valence-corrected chi connectivity index (χ4v) is 3.31. The Morgan fingerprint density at radius 2 is 1.95 bits per heavy atom. The Bertz CT molecular complexity index is 553. The van der Waals surface area contributed by atoms with Gasteiger partial charge in [0.2, 0.25) is 10.0 Å². The molecular formula is C16H26N2O3S. The molecule has 0 saturated heterocycles. The van der Waals surface area contributed by atoms with Crippen LogP contribution in [0.3, 0.4) is 0 Å². The van der Waals surface area contributed by atoms with Gasteiger partial charge in [-0.05, 0) is 49.4 Å². The van der Waals surface area contributed by atoms with Crippen molar-refractivity contribution in [1.29, 1.82) is 0 Å². The van der Waals surface area contributed by atoms with Gasteiger partial charge in [-0.2, -0.15) is 0 Å². The Hall–Kier alpha value is -1.11. The van der Waals surface area contributed by atoms with Gasteiger partial charge in [-0.15, -0.1) is 0 Å². The van der Waals surface area contributed by atoms with E-state index in [0.29, 0.717) is 24.8 Å². The summed E-state index contributed by atoms with van der Waals surface area (Å²) in [6.07, 6.45) is 5.50. The summed E-state index contributed by atoms with van der Waals surface area (Å²) in [5.74, 6) is 1.17. The lowest BCUT2D eigenvalue weighted by Gasteiger charge is -2.12. The number of ether oxygens (including phenoxy) is 1. The van der Waals surface area contributed by atoms with Crippen LogP contribution in [0.25, 0.3) is 0 Å². The van der Waals surface area contributed by atoms with Crippen LogP contribution < -0.4 is 15.2 Å². The zero-order valence-corrected chi connectivity index (χ0v) is 13.9. The second kappa shape index (κ2) is 7.94. The van der Waals surface area contributed by atoms with Crippen LogP contribution in [0.4, 0.5) is 0 Å². The normalized spacial score (nSPS) is 16.5. The third-order valence-electron chi connectivity index (χ3n) is 3.89. The van der Waals surface area contributed by atoms with Gasteiger partial charge in [-0.1, -0.05) is 19.8 Å². The molecule has 1 fully saturated rings. The SMILES string of the molecule is CCCCCOc1ccc(S(=O)(=O)NCC(N)C2CC2)cc1. The summed E-state index contributed by atoms with van der Waals surface area (Å²) in [7, 11) is -3.49. The fraction of sp³-hybridized carbons (Fsp3) is 0.625. The van der Waals surface area contributed by atoms with Crippen molar-refractivity contribution < 1.29 is 13.2 Å². The first-order valence-electron chi connectivity index (χ1n) is 8.01. The minimum absolute atomic E-state index is 0.0871. The van der Waals surface area contributed by atoms with Crippen molar-refractivity contribution >= 4 is 10.0 Å². The second-order valence-electron chi connectivity index (χ2n) is 5.88. The third-order valence-corrected chi connectivity index (χ3v) is 5.33. The average molecular weight is 326 g/mol. The van der Waals surface area contributed by atoms with Gasteiger partial charge in [0.1, 0.15) is 5.75 Å². The lowest BCUT2D eigenvalue weighted by molar-refractivity contribution is 0.306. The lowest BCUT2D eigenvalue weighted by Crippen LogP contribution is -2.38. The zero-order chi connectivity index (χ0) is 16.0. The smallest absolute Gasteiger partial charge is 0.240 e. The Balaban J connectivity index is 1.84. The number of benzene rings is 1. The van der Waals surface area contributed by atoms with Gasteiger partial charge in [0.15, 0.2) is 0 Å². The van der Waals surface area contributed by atoms with Crippen molar-refractivity contribution in [3.63, 3.8) is 0 Å². The molecule has 124 valence electrons. The van der Waals surface area contributed by atoms with Crippen LogP contribution >= 0.6 is 0 Å². The highest BCUT2D eigenvalue weighted by Gasteiger charge is 2.29. The average Bonchev–Trinajstić information content (AvgIpc) is 3.35. The second-order valence-corrected chi connectivity index (χ2v) is 7.65. The molecular weight excluding hydrogens is 300 g/mol. The third kappa shape index (κ3) is 5.26. The van der Waals surface area contributed by atoms with Crippen molar-refractivity contribution in [3.05, 3.63) is 24.3 Å². The highest BCUT2D eigenvalue weighted by Crippen LogP contribution is 2.31. The number of nitrogens with two attached hydrogens (primary N) is 1. The van der Waals surface area contributed by atoms with E-state index in [1.165, 1.54) is 0 Å². The van der Waals surface area contributed by atoms with Gasteiger partial charge in [0.05, 0.1) is 11.5 Å². The molecule has 0 bridgehead atoms. The van der Waals surface area contributed by atoms with Crippen LogP contribution in [-0.4, -0.2) is 27.6 Å². The minimum atomic E-state index is -3.49. The van der Waals surface area contributed by atoms with E-state index in [1.807, 2.05) is 0 Å². The molecule has 2 rings (SSSR count). The maximum atomic E-state index is 12.2. The quantitative estimate of drug-likeness (QED) is 0.646. The summed E-state index contributed by atoms with van der Waals surface area (Å²) < 4.78 is 32.5. The van der Waals surface area contributed by atoms with Crippen LogP contribution in [0.15, 0.2) is 29.2 Å². The topological polar surface area (TPSA) is 81.4 Å². The number of nitrogens with one attached hydrogen (secondary N) is 1. The van der Waals surface area contributed by atoms with Gasteiger partial charge < -0.3 is 10.5 Å². The molecule has 1 aliphatic carbocycles. The molecule has 0 heterocycles. The molecule has 6 heteroatoms. The van der Waals surface area contributed by atoms with E-state index in [1.54, 1.807) is 24.3 Å². The highest BCUT2D eigenvalue weighted by atomic mass is 32.2. The molecule has 0 aromatic heterocycles. The Labute approximate surface area is 133 Å². The summed E-state index contributed by atoms with van der Waals surface area (Å²) in [5, 5.41) is 0. The summed E-state index contributed by atoms with van der Waals surface area (Å²) in [6.45, 7) is 3.10. The molecule has 1 atom stereocenters. The predicted octanol–water partition coefficient (Wildman–Crippen LogP) is 2.27. The number of sulfonamides is 1. The molecule has 0 radical (unpaired) electrons. The van der Waals surface area contributed by atoms with E-state index in [9.17, 15) is 8.42 Å². The van der Waals surface area contributed by atoms with Crippen LogP contribution in [-0.2, 0) is 10.0 Å². The molecule has 3 N–H and O–H groups in total. The molecule has 1 aromatic carbocycles. The standard InChI is InChI=1S/C16H26N2O3S/c1-2-3-4-11-21-14-7-9-15(10-8-14)22(19,20)18-12-16(17)13-5-6-13/h7-10,13,16,18H,2-6,11-12,17H2,1H3. The van der Waals surface area contributed by atoms with Crippen molar-refractivity contribution in [2.24, 2.45) is 11.7 Å². The van der Waals surface area contributed by atoms with Crippen molar-refractivity contribution in [2.45, 2.75) is 50.0 Å². The summed E-state index contributed by atoms with van der Waals surface area (Å²) >= 11 is 0. The fourth-order valence-electron chi connectivity index (χ4n) is 2.24. The predicted molar refractivity (Wildman–Crippen MR) is 87.3 cm³/mol. The number of hydrogen-bond donors (Lipinski definition) is 2. The molecule has 0 aliphatic heterocycles. The summed E-state index contributed by atoms with van der Waals surface area (Å²) in [4.78, 5) is 0.247. The first-order valence-corrected chi connectivity index (χ1v) is 9.49. The summed E-state index contributed by atoms with van der Waals surface area (Å²) in [6, 6.07) is 6.44. The maximum absolute atomic E-state index is 12.2. The van der Waals surface area contributed by atoms with Crippen LogP contribution in [0, 0.1) is 5.92 Å². The van der Waals surface area contributed by atoms with Gasteiger partial charge in [0.25, 0.3) is 0 Å². The highest BCUT2D eigenvalue weighted by molar-refractivity contribution is 7.89. The van der Waals surface area contributed by atoms with Crippen molar-refractivity contribution in [3.8, 4) is 5.75 Å². The van der Waals surface area contributed by atoms with Gasteiger partial charge in [-0.3, -0.25) is 0 Å². The molecule has 1 saturated carbocycles. The zero-order valence-electron chi connectivity index (χ0n) is 13.1. The van der Waals surface area contributed by atoms with Gasteiger partial charge >= 0.3 is 0 Å². The Kier molecular flexibility index (Phi) is 6.23. The van der Waals surface area contributed by atoms with E-state index in [4.69, 9.17) is 10.5 Å². The summed E-state index contributed by atoms with van der Waals surface area (Å²) in [5.41, 5.74) is 5.92. The molecule has 1 aromatic rings. The van der Waals surface area contributed by atoms with E-state index < -0.39 is 10.0 Å². The molecule has 22 heavy (non-hydrogen) atoms. The van der Waals surface area contributed by atoms with E-state index in [0.717, 1.165) is 32.1 Å². The van der Waals surface area contributed by atoms with Gasteiger partial charge in [0, 0.05) is 12.6 Å². The maximum Gasteiger partial charge on any atom is 0.240 e. The Morgan fingerprint density at radius 3 is 2.55 bits per heavy atom. The van der Waals surface area contributed by atoms with E-state index in [-0.39, 0.29) is 10.9 Å². The minimum Gasteiger partial charge on any atom is -0.494 e. The number of hydrogen-bond acceptors (Lipinski definition) is 4. The van der Waals surface area contributed by atoms with E-state index in [2.05, 4.69) is 11.6 Å². The first-order chi connectivity index (χ1) is 10.5. The number of rotatable bonds is 10. The molecule has 1 aliphatic rings. The van der Waals surface area contributed by atoms with Gasteiger partial charge in [-0.25, -0.2) is 13.1 Å².